The minimum atomic E-state index is 0. The summed E-state index contributed by atoms with van der Waals surface area (Å²) in [7, 11) is 0. The highest BCUT2D eigenvalue weighted by Crippen LogP contribution is 2.18. The number of nitrogens with zero attached hydrogens (tertiary/aromatic N) is 3. The van der Waals surface area contributed by atoms with E-state index in [1.54, 1.807) is 0 Å². The number of morpholine rings is 1. The maximum Gasteiger partial charge on any atom is 0.193 e. The first-order valence-electron chi connectivity index (χ1n) is 11.9. The van der Waals surface area contributed by atoms with Crippen molar-refractivity contribution in [3.05, 3.63) is 65.7 Å². The first-order valence-corrected chi connectivity index (χ1v) is 11.9. The summed E-state index contributed by atoms with van der Waals surface area (Å²) in [6.45, 7) is 10.4. The second-order valence-corrected chi connectivity index (χ2v) is 8.44. The molecule has 2 heterocycles. The van der Waals surface area contributed by atoms with Crippen molar-refractivity contribution in [2.45, 2.75) is 32.4 Å². The third-order valence-electron chi connectivity index (χ3n) is 6.19. The molecule has 0 bridgehead atoms. The van der Waals surface area contributed by atoms with E-state index in [9.17, 15) is 0 Å². The van der Waals surface area contributed by atoms with Crippen molar-refractivity contribution in [2.75, 3.05) is 52.5 Å². The molecular formula is C26H37IN4O2. The Morgan fingerprint density at radius 3 is 2.52 bits per heavy atom. The van der Waals surface area contributed by atoms with Crippen LogP contribution in [0.2, 0.25) is 0 Å². The molecule has 180 valence electrons. The maximum atomic E-state index is 5.89. The van der Waals surface area contributed by atoms with Crippen molar-refractivity contribution in [1.29, 1.82) is 0 Å². The lowest BCUT2D eigenvalue weighted by atomic mass is 10.1. The molecule has 2 aliphatic rings. The minimum absolute atomic E-state index is 0. The van der Waals surface area contributed by atoms with Crippen LogP contribution in [0.3, 0.4) is 0 Å². The fourth-order valence-electron chi connectivity index (χ4n) is 4.38. The molecule has 0 aliphatic carbocycles. The van der Waals surface area contributed by atoms with E-state index in [4.69, 9.17) is 14.5 Å². The van der Waals surface area contributed by atoms with E-state index in [0.29, 0.717) is 12.6 Å². The van der Waals surface area contributed by atoms with Gasteiger partial charge in [-0.05, 0) is 43.0 Å². The van der Waals surface area contributed by atoms with Crippen LogP contribution in [0, 0.1) is 0 Å². The quantitative estimate of drug-likeness (QED) is 0.301. The average molecular weight is 565 g/mol. The minimum Gasteiger partial charge on any atom is -0.489 e. The fraction of sp³-hybridized carbons (Fsp3) is 0.500. The van der Waals surface area contributed by atoms with Crippen molar-refractivity contribution >= 4 is 29.9 Å². The lowest BCUT2D eigenvalue weighted by Gasteiger charge is -2.32. The summed E-state index contributed by atoms with van der Waals surface area (Å²) in [5, 5.41) is 3.49. The molecule has 6 nitrogen and oxygen atoms in total. The van der Waals surface area contributed by atoms with Gasteiger partial charge in [0, 0.05) is 45.3 Å². The summed E-state index contributed by atoms with van der Waals surface area (Å²) in [6.07, 6.45) is 2.13. The molecule has 2 aromatic carbocycles. The van der Waals surface area contributed by atoms with Crippen LogP contribution < -0.4 is 10.1 Å². The van der Waals surface area contributed by atoms with Crippen molar-refractivity contribution in [3.63, 3.8) is 0 Å². The Labute approximate surface area is 215 Å². The molecule has 0 saturated carbocycles. The predicted octanol–water partition coefficient (Wildman–Crippen LogP) is 3.80. The Kier molecular flexibility index (Phi) is 10.8. The van der Waals surface area contributed by atoms with Crippen molar-refractivity contribution in [1.82, 2.24) is 15.1 Å². The van der Waals surface area contributed by atoms with Gasteiger partial charge in [0.05, 0.1) is 13.2 Å². The van der Waals surface area contributed by atoms with Gasteiger partial charge in [-0.15, -0.1) is 24.0 Å². The van der Waals surface area contributed by atoms with E-state index in [-0.39, 0.29) is 24.0 Å². The third kappa shape index (κ3) is 7.86. The normalized spacial score (nSPS) is 19.2. The highest BCUT2D eigenvalue weighted by molar-refractivity contribution is 14.0. The number of aliphatic imine (C=N–C) groups is 1. The zero-order valence-corrected chi connectivity index (χ0v) is 21.9. The molecule has 2 aromatic rings. The summed E-state index contributed by atoms with van der Waals surface area (Å²) < 4.78 is 11.4. The van der Waals surface area contributed by atoms with E-state index >= 15 is 0 Å². The lowest BCUT2D eigenvalue weighted by molar-refractivity contribution is 0.0195. The van der Waals surface area contributed by atoms with E-state index in [1.807, 2.05) is 18.2 Å². The predicted molar refractivity (Wildman–Crippen MR) is 145 cm³/mol. The summed E-state index contributed by atoms with van der Waals surface area (Å²) in [6, 6.07) is 19.3. The molecule has 1 atom stereocenters. The number of rotatable bonds is 8. The third-order valence-corrected chi connectivity index (χ3v) is 6.19. The molecule has 33 heavy (non-hydrogen) atoms. The summed E-state index contributed by atoms with van der Waals surface area (Å²) in [5.41, 5.74) is 2.46. The zero-order chi connectivity index (χ0) is 22.0. The smallest absolute Gasteiger partial charge is 0.193 e. The highest BCUT2D eigenvalue weighted by Gasteiger charge is 2.30. The monoisotopic (exact) mass is 564 g/mol. The Morgan fingerprint density at radius 1 is 1.03 bits per heavy atom. The number of hydrogen-bond acceptors (Lipinski definition) is 4. The Hall–Kier alpha value is -1.84. The standard InChI is InChI=1S/C26H36N4O2.HI/c1-2-27-26(30-15-13-24(20-30)29-16-18-31-19-17-29)28-14-12-22-8-10-25(11-9-22)32-21-23-6-4-3-5-7-23;/h3-11,24H,2,12-21H2,1H3,(H,27,28);1H. The first kappa shape index (κ1) is 25.8. The molecule has 7 heteroatoms. The number of halogens is 1. The number of benzene rings is 2. The van der Waals surface area contributed by atoms with Crippen LogP contribution in [-0.4, -0.2) is 74.3 Å². The van der Waals surface area contributed by atoms with Gasteiger partial charge in [-0.2, -0.15) is 0 Å². The van der Waals surface area contributed by atoms with Gasteiger partial charge in [0.2, 0.25) is 0 Å². The Balaban J connectivity index is 0.00000306. The largest absolute Gasteiger partial charge is 0.489 e. The van der Waals surface area contributed by atoms with Crippen LogP contribution in [0.15, 0.2) is 59.6 Å². The number of hydrogen-bond donors (Lipinski definition) is 1. The molecule has 1 N–H and O–H groups in total. The maximum absolute atomic E-state index is 5.89. The molecule has 2 fully saturated rings. The van der Waals surface area contributed by atoms with Crippen molar-refractivity contribution in [2.24, 2.45) is 4.99 Å². The molecule has 0 amide bonds. The molecule has 4 rings (SSSR count). The number of likely N-dealkylation sites (tertiary alicyclic amines) is 1. The van der Waals surface area contributed by atoms with Gasteiger partial charge < -0.3 is 19.7 Å². The van der Waals surface area contributed by atoms with Crippen molar-refractivity contribution < 1.29 is 9.47 Å². The molecular weight excluding hydrogens is 527 g/mol. The first-order chi connectivity index (χ1) is 15.8. The number of ether oxygens (including phenoxy) is 2. The Bertz CT molecular complexity index is 841. The SMILES string of the molecule is CCNC(=NCCc1ccc(OCc2ccccc2)cc1)N1CCC(N2CCOCC2)C1.I. The molecule has 0 radical (unpaired) electrons. The fourth-order valence-corrected chi connectivity index (χ4v) is 4.38. The average Bonchev–Trinajstić information content (AvgIpc) is 3.34. The van der Waals surface area contributed by atoms with Crippen LogP contribution in [0.4, 0.5) is 0 Å². The van der Waals surface area contributed by atoms with Gasteiger partial charge in [0.15, 0.2) is 5.96 Å². The van der Waals surface area contributed by atoms with Crippen LogP contribution in [-0.2, 0) is 17.8 Å². The van der Waals surface area contributed by atoms with Gasteiger partial charge in [0.1, 0.15) is 12.4 Å². The zero-order valence-electron chi connectivity index (χ0n) is 19.6. The summed E-state index contributed by atoms with van der Waals surface area (Å²) >= 11 is 0. The topological polar surface area (TPSA) is 49.3 Å². The van der Waals surface area contributed by atoms with Crippen LogP contribution in [0.1, 0.15) is 24.5 Å². The van der Waals surface area contributed by atoms with E-state index in [0.717, 1.165) is 70.6 Å². The van der Waals surface area contributed by atoms with Gasteiger partial charge in [-0.25, -0.2) is 0 Å². The number of guanidine groups is 1. The summed E-state index contributed by atoms with van der Waals surface area (Å²) in [5.74, 6) is 1.95. The van der Waals surface area contributed by atoms with Gasteiger partial charge in [-0.3, -0.25) is 9.89 Å². The van der Waals surface area contributed by atoms with Crippen LogP contribution in [0.25, 0.3) is 0 Å². The van der Waals surface area contributed by atoms with Crippen molar-refractivity contribution in [3.8, 4) is 5.75 Å². The molecule has 0 aromatic heterocycles. The van der Waals surface area contributed by atoms with Gasteiger partial charge in [-0.1, -0.05) is 42.5 Å². The van der Waals surface area contributed by atoms with E-state index < -0.39 is 0 Å². The highest BCUT2D eigenvalue weighted by atomic mass is 127. The molecule has 2 saturated heterocycles. The second kappa shape index (κ2) is 13.8. The van der Waals surface area contributed by atoms with Gasteiger partial charge >= 0.3 is 0 Å². The van der Waals surface area contributed by atoms with E-state index in [2.05, 4.69) is 58.4 Å². The van der Waals surface area contributed by atoms with Crippen LogP contribution >= 0.6 is 24.0 Å². The second-order valence-electron chi connectivity index (χ2n) is 8.44. The lowest BCUT2D eigenvalue weighted by Crippen LogP contribution is -2.46. The van der Waals surface area contributed by atoms with Gasteiger partial charge in [0.25, 0.3) is 0 Å². The molecule has 1 unspecified atom stereocenters. The summed E-state index contributed by atoms with van der Waals surface area (Å²) in [4.78, 5) is 9.92. The van der Waals surface area contributed by atoms with Crippen LogP contribution in [0.5, 0.6) is 5.75 Å². The molecule has 0 spiro atoms. The number of nitrogens with one attached hydrogen (secondary N) is 1. The molecule has 2 aliphatic heterocycles. The van der Waals surface area contributed by atoms with E-state index in [1.165, 1.54) is 17.5 Å². The Morgan fingerprint density at radius 2 is 1.79 bits per heavy atom.